The van der Waals surface area contributed by atoms with E-state index in [2.05, 4.69) is 69.7 Å². The Labute approximate surface area is 175 Å². The predicted octanol–water partition coefficient (Wildman–Crippen LogP) is 3.81. The van der Waals surface area contributed by atoms with Crippen LogP contribution in [0.25, 0.3) is 33.5 Å². The van der Waals surface area contributed by atoms with Crippen molar-refractivity contribution in [2.75, 3.05) is 13.2 Å². The number of amidine groups is 1. The molecule has 1 aliphatic rings. The highest BCUT2D eigenvalue weighted by molar-refractivity contribution is 6.04. The van der Waals surface area contributed by atoms with E-state index in [1.165, 1.54) is 0 Å². The summed E-state index contributed by atoms with van der Waals surface area (Å²) in [6, 6.07) is 16.5. The number of H-pyrrole nitrogens is 1. The zero-order valence-corrected chi connectivity index (χ0v) is 17.4. The van der Waals surface area contributed by atoms with Gasteiger partial charge in [-0.1, -0.05) is 56.3 Å². The SMILES string of the molecule is CC(C)CN1CNN=C1c1[nH]c(-c2ccccc2)nc1-c1ccc2cnn(C)c2c1. The Morgan fingerprint density at radius 3 is 2.70 bits per heavy atom. The lowest BCUT2D eigenvalue weighted by Gasteiger charge is -2.21. The second kappa shape index (κ2) is 7.33. The van der Waals surface area contributed by atoms with Crippen LogP contribution in [0.1, 0.15) is 19.5 Å². The quantitative estimate of drug-likeness (QED) is 0.535. The summed E-state index contributed by atoms with van der Waals surface area (Å²) in [7, 11) is 1.96. The third-order valence-corrected chi connectivity index (χ3v) is 5.33. The van der Waals surface area contributed by atoms with Crippen molar-refractivity contribution in [3.8, 4) is 22.6 Å². The molecule has 0 saturated carbocycles. The van der Waals surface area contributed by atoms with Gasteiger partial charge >= 0.3 is 0 Å². The molecule has 0 unspecified atom stereocenters. The summed E-state index contributed by atoms with van der Waals surface area (Å²) in [5.41, 5.74) is 8.14. The predicted molar refractivity (Wildman–Crippen MR) is 120 cm³/mol. The number of nitrogens with zero attached hydrogens (tertiary/aromatic N) is 5. The molecule has 0 aliphatic carbocycles. The normalized spacial score (nSPS) is 13.9. The van der Waals surface area contributed by atoms with Crippen LogP contribution in [0.5, 0.6) is 0 Å². The summed E-state index contributed by atoms with van der Waals surface area (Å²) >= 11 is 0. The first-order chi connectivity index (χ1) is 14.6. The summed E-state index contributed by atoms with van der Waals surface area (Å²) in [5.74, 6) is 2.27. The Kier molecular flexibility index (Phi) is 4.50. The van der Waals surface area contributed by atoms with Gasteiger partial charge in [-0.05, 0) is 12.0 Å². The van der Waals surface area contributed by atoms with Gasteiger partial charge in [0, 0.05) is 30.1 Å². The smallest absolute Gasteiger partial charge is 0.176 e. The Morgan fingerprint density at radius 1 is 1.07 bits per heavy atom. The van der Waals surface area contributed by atoms with Crippen molar-refractivity contribution in [2.24, 2.45) is 18.1 Å². The highest BCUT2D eigenvalue weighted by Crippen LogP contribution is 2.30. The summed E-state index contributed by atoms with van der Waals surface area (Å²) in [6.07, 6.45) is 1.88. The van der Waals surface area contributed by atoms with Crippen LogP contribution in [-0.4, -0.2) is 43.7 Å². The average molecular weight is 400 g/mol. The van der Waals surface area contributed by atoms with Gasteiger partial charge in [0.25, 0.3) is 0 Å². The summed E-state index contributed by atoms with van der Waals surface area (Å²) in [6.45, 7) is 6.06. The molecule has 0 saturated heterocycles. The van der Waals surface area contributed by atoms with E-state index in [1.54, 1.807) is 0 Å². The molecule has 7 nitrogen and oxygen atoms in total. The molecule has 0 spiro atoms. The van der Waals surface area contributed by atoms with Crippen LogP contribution in [-0.2, 0) is 7.05 Å². The van der Waals surface area contributed by atoms with Gasteiger partial charge in [-0.3, -0.25) is 10.1 Å². The molecule has 30 heavy (non-hydrogen) atoms. The molecule has 4 aromatic rings. The molecule has 0 atom stereocenters. The Morgan fingerprint density at radius 2 is 1.90 bits per heavy atom. The second-order valence-electron chi connectivity index (χ2n) is 8.08. The molecule has 1 aliphatic heterocycles. The number of nitrogens with one attached hydrogen (secondary N) is 2. The first-order valence-corrected chi connectivity index (χ1v) is 10.2. The van der Waals surface area contributed by atoms with Crippen LogP contribution in [0.2, 0.25) is 0 Å². The maximum Gasteiger partial charge on any atom is 0.176 e. The molecule has 0 radical (unpaired) electrons. The number of aromatic nitrogens is 4. The number of fused-ring (bicyclic) bond motifs is 1. The maximum absolute atomic E-state index is 5.01. The van der Waals surface area contributed by atoms with Crippen molar-refractivity contribution in [3.05, 3.63) is 60.4 Å². The molecule has 0 bridgehead atoms. The number of hydrogen-bond acceptors (Lipinski definition) is 5. The molecule has 2 N–H and O–H groups in total. The molecule has 2 aromatic heterocycles. The Bertz CT molecular complexity index is 1220. The van der Waals surface area contributed by atoms with E-state index in [1.807, 2.05) is 36.1 Å². The number of rotatable bonds is 5. The minimum Gasteiger partial charge on any atom is -0.335 e. The number of hydrogen-bond donors (Lipinski definition) is 2. The van der Waals surface area contributed by atoms with E-state index in [9.17, 15) is 0 Å². The van der Waals surface area contributed by atoms with Gasteiger partial charge in [-0.2, -0.15) is 10.2 Å². The molecule has 0 fully saturated rings. The Balaban J connectivity index is 1.66. The fourth-order valence-electron chi connectivity index (χ4n) is 3.92. The van der Waals surface area contributed by atoms with Gasteiger partial charge in [0.05, 0.1) is 11.7 Å². The summed E-state index contributed by atoms with van der Waals surface area (Å²) in [4.78, 5) is 10.8. The second-order valence-corrected chi connectivity index (χ2v) is 8.08. The molecule has 7 heteroatoms. The van der Waals surface area contributed by atoms with Crippen LogP contribution in [0.3, 0.4) is 0 Å². The third-order valence-electron chi connectivity index (χ3n) is 5.33. The van der Waals surface area contributed by atoms with E-state index in [-0.39, 0.29) is 0 Å². The van der Waals surface area contributed by atoms with Crippen molar-refractivity contribution in [2.45, 2.75) is 13.8 Å². The first-order valence-electron chi connectivity index (χ1n) is 10.2. The van der Waals surface area contributed by atoms with E-state index < -0.39 is 0 Å². The topological polar surface area (TPSA) is 74.1 Å². The van der Waals surface area contributed by atoms with Gasteiger partial charge < -0.3 is 9.88 Å². The molecule has 2 aromatic carbocycles. The van der Waals surface area contributed by atoms with Crippen LogP contribution in [0, 0.1) is 5.92 Å². The lowest BCUT2D eigenvalue weighted by molar-refractivity contribution is 0.372. The van der Waals surface area contributed by atoms with Crippen molar-refractivity contribution >= 4 is 16.7 Å². The van der Waals surface area contributed by atoms with E-state index in [0.717, 1.165) is 51.6 Å². The molecule has 5 rings (SSSR count). The van der Waals surface area contributed by atoms with E-state index in [0.29, 0.717) is 12.6 Å². The number of imidazole rings is 1. The molecular formula is C23H25N7. The zero-order valence-electron chi connectivity index (χ0n) is 17.4. The largest absolute Gasteiger partial charge is 0.335 e. The van der Waals surface area contributed by atoms with Gasteiger partial charge in [0.1, 0.15) is 23.9 Å². The van der Waals surface area contributed by atoms with Crippen molar-refractivity contribution in [1.29, 1.82) is 0 Å². The monoisotopic (exact) mass is 399 g/mol. The number of aryl methyl sites for hydroxylation is 1. The third kappa shape index (κ3) is 3.22. The van der Waals surface area contributed by atoms with E-state index in [4.69, 9.17) is 4.98 Å². The fraction of sp³-hybridized carbons (Fsp3) is 0.261. The molecular weight excluding hydrogens is 374 g/mol. The van der Waals surface area contributed by atoms with Crippen molar-refractivity contribution in [3.63, 3.8) is 0 Å². The summed E-state index contributed by atoms with van der Waals surface area (Å²) in [5, 5.41) is 10.1. The standard InChI is InChI=1S/C23H25N7/c1-15(2)13-30-14-24-28-23(30)21-20(26-22(27-21)16-7-5-4-6-8-16)17-9-10-18-12-25-29(3)19(18)11-17/h4-12,15,24H,13-14H2,1-3H3,(H,26,27). The van der Waals surface area contributed by atoms with Gasteiger partial charge in [-0.25, -0.2) is 4.98 Å². The number of aromatic amines is 1. The van der Waals surface area contributed by atoms with Gasteiger partial charge in [0.2, 0.25) is 0 Å². The first kappa shape index (κ1) is 18.4. The van der Waals surface area contributed by atoms with Crippen LogP contribution in [0.4, 0.5) is 0 Å². The lowest BCUT2D eigenvalue weighted by atomic mass is 10.1. The van der Waals surface area contributed by atoms with Gasteiger partial charge in [-0.15, -0.1) is 0 Å². The molecule has 152 valence electrons. The molecule has 0 amide bonds. The average Bonchev–Trinajstić information content (AvgIpc) is 3.47. The van der Waals surface area contributed by atoms with Crippen LogP contribution in [0.15, 0.2) is 59.8 Å². The molecule has 3 heterocycles. The van der Waals surface area contributed by atoms with Crippen LogP contribution >= 0.6 is 0 Å². The van der Waals surface area contributed by atoms with Crippen molar-refractivity contribution < 1.29 is 0 Å². The highest BCUT2D eigenvalue weighted by atomic mass is 15.5. The Hall–Kier alpha value is -3.61. The zero-order chi connectivity index (χ0) is 20.7. The van der Waals surface area contributed by atoms with Gasteiger partial charge in [0.15, 0.2) is 5.84 Å². The van der Waals surface area contributed by atoms with Crippen LogP contribution < -0.4 is 5.43 Å². The lowest BCUT2D eigenvalue weighted by Crippen LogP contribution is -2.33. The van der Waals surface area contributed by atoms with E-state index >= 15 is 0 Å². The number of hydrazone groups is 1. The minimum absolute atomic E-state index is 0.529. The minimum atomic E-state index is 0.529. The highest BCUT2D eigenvalue weighted by Gasteiger charge is 2.26. The van der Waals surface area contributed by atoms with Crippen molar-refractivity contribution in [1.82, 2.24) is 30.1 Å². The number of benzene rings is 2. The fourth-order valence-corrected chi connectivity index (χ4v) is 3.92. The maximum atomic E-state index is 5.01. The summed E-state index contributed by atoms with van der Waals surface area (Å²) < 4.78 is 1.89.